The third-order valence-corrected chi connectivity index (χ3v) is 3.48. The van der Waals surface area contributed by atoms with Crippen molar-refractivity contribution in [2.24, 2.45) is 7.05 Å². The van der Waals surface area contributed by atoms with E-state index in [4.69, 9.17) is 0 Å². The lowest BCUT2D eigenvalue weighted by Gasteiger charge is -1.97. The molecule has 0 aliphatic heterocycles. The van der Waals surface area contributed by atoms with Crippen LogP contribution in [0.4, 0.5) is 5.00 Å². The maximum atomic E-state index is 11.7. The Balaban J connectivity index is 1.98. The summed E-state index contributed by atoms with van der Waals surface area (Å²) in [6, 6.07) is 5.06. The van der Waals surface area contributed by atoms with E-state index >= 15 is 0 Å². The third-order valence-electron chi connectivity index (χ3n) is 2.50. The Morgan fingerprint density at radius 2 is 2.20 bits per heavy atom. The number of rotatable bonds is 4. The van der Waals surface area contributed by atoms with Crippen LogP contribution in [0, 0.1) is 0 Å². The Morgan fingerprint density at radius 3 is 2.85 bits per heavy atom. The van der Waals surface area contributed by atoms with Crippen LogP contribution in [0.2, 0.25) is 0 Å². The second-order valence-corrected chi connectivity index (χ2v) is 4.94. The summed E-state index contributed by atoms with van der Waals surface area (Å²) in [6.45, 7) is 0. The summed E-state index contributed by atoms with van der Waals surface area (Å²) in [7, 11) is 3.11. The van der Waals surface area contributed by atoms with Gasteiger partial charge in [-0.15, -0.1) is 11.3 Å². The van der Waals surface area contributed by atoms with Crippen molar-refractivity contribution in [3.8, 4) is 0 Å². The molecule has 0 unspecified atom stereocenters. The van der Waals surface area contributed by atoms with Crippen LogP contribution in [0.3, 0.4) is 0 Å². The summed E-state index contributed by atoms with van der Waals surface area (Å²) in [6.07, 6.45) is 4.73. The summed E-state index contributed by atoms with van der Waals surface area (Å²) in [5.41, 5.74) is 0.821. The van der Waals surface area contributed by atoms with Crippen molar-refractivity contribution in [2.45, 2.75) is 0 Å². The zero-order valence-electron chi connectivity index (χ0n) is 11.0. The monoisotopic (exact) mass is 291 g/mol. The van der Waals surface area contributed by atoms with Gasteiger partial charge in [0.1, 0.15) is 4.88 Å². The third kappa shape index (κ3) is 3.33. The average molecular weight is 291 g/mol. The van der Waals surface area contributed by atoms with Crippen LogP contribution in [0.25, 0.3) is 6.08 Å². The van der Waals surface area contributed by atoms with Gasteiger partial charge in [-0.1, -0.05) is 0 Å². The fourth-order valence-corrected chi connectivity index (χ4v) is 2.31. The van der Waals surface area contributed by atoms with Gasteiger partial charge < -0.3 is 10.1 Å². The second kappa shape index (κ2) is 6.16. The van der Waals surface area contributed by atoms with E-state index in [0.717, 1.165) is 17.0 Å². The maximum Gasteiger partial charge on any atom is 0.348 e. The summed E-state index contributed by atoms with van der Waals surface area (Å²) >= 11 is 1.16. The molecule has 1 amide bonds. The van der Waals surface area contributed by atoms with E-state index in [-0.39, 0.29) is 5.91 Å². The molecule has 0 saturated carbocycles. The number of hydrogen-bond donors (Lipinski definition) is 1. The van der Waals surface area contributed by atoms with Crippen molar-refractivity contribution < 1.29 is 14.3 Å². The summed E-state index contributed by atoms with van der Waals surface area (Å²) in [4.78, 5) is 23.5. The van der Waals surface area contributed by atoms with Crippen molar-refractivity contribution in [3.05, 3.63) is 41.0 Å². The van der Waals surface area contributed by atoms with Gasteiger partial charge in [-0.05, 0) is 24.3 Å². The van der Waals surface area contributed by atoms with Crippen molar-refractivity contribution in [2.75, 3.05) is 12.4 Å². The molecule has 0 aromatic carbocycles. The number of carbonyl (C=O) groups excluding carboxylic acids is 2. The standard InChI is InChI=1S/C13H13N3O3S/c1-16-9(7-8-14-16)3-5-11(17)15-12-6-4-10(20-12)13(18)19-2/h3-8H,1-2H3,(H,15,17). The number of thiophene rings is 1. The molecule has 0 aliphatic rings. The van der Waals surface area contributed by atoms with Gasteiger partial charge in [0, 0.05) is 19.3 Å². The Kier molecular flexibility index (Phi) is 4.31. The molecule has 0 saturated heterocycles. The molecule has 0 radical (unpaired) electrons. The molecule has 2 heterocycles. The van der Waals surface area contributed by atoms with Gasteiger partial charge in [-0.2, -0.15) is 5.10 Å². The van der Waals surface area contributed by atoms with Crippen LogP contribution in [-0.2, 0) is 16.6 Å². The fourth-order valence-electron chi connectivity index (χ4n) is 1.49. The van der Waals surface area contributed by atoms with Gasteiger partial charge in [0.05, 0.1) is 17.8 Å². The van der Waals surface area contributed by atoms with Crippen LogP contribution < -0.4 is 5.32 Å². The second-order valence-electron chi connectivity index (χ2n) is 3.86. The average Bonchev–Trinajstić information content (AvgIpc) is 3.05. The van der Waals surface area contributed by atoms with Crippen molar-refractivity contribution >= 4 is 34.3 Å². The van der Waals surface area contributed by atoms with Gasteiger partial charge >= 0.3 is 5.97 Å². The van der Waals surface area contributed by atoms with Crippen LogP contribution in [0.1, 0.15) is 15.4 Å². The van der Waals surface area contributed by atoms with Gasteiger partial charge in [-0.25, -0.2) is 4.79 Å². The normalized spacial score (nSPS) is 10.7. The van der Waals surface area contributed by atoms with Crippen molar-refractivity contribution in [1.82, 2.24) is 9.78 Å². The fraction of sp³-hybridized carbons (Fsp3) is 0.154. The number of amides is 1. The lowest BCUT2D eigenvalue weighted by atomic mass is 10.3. The van der Waals surface area contributed by atoms with Crippen molar-refractivity contribution in [3.63, 3.8) is 0 Å². The largest absolute Gasteiger partial charge is 0.465 e. The Hall–Kier alpha value is -2.41. The molecule has 2 rings (SSSR count). The number of anilines is 1. The highest BCUT2D eigenvalue weighted by molar-refractivity contribution is 7.18. The number of hydrogen-bond acceptors (Lipinski definition) is 5. The topological polar surface area (TPSA) is 73.2 Å². The smallest absolute Gasteiger partial charge is 0.348 e. The van der Waals surface area contributed by atoms with Crippen LogP contribution in [0.15, 0.2) is 30.5 Å². The molecule has 0 atom stereocenters. The Morgan fingerprint density at radius 1 is 1.40 bits per heavy atom. The Bertz CT molecular complexity index is 657. The molecule has 2 aromatic heterocycles. The molecule has 104 valence electrons. The van der Waals surface area contributed by atoms with Gasteiger partial charge in [-0.3, -0.25) is 9.48 Å². The van der Waals surface area contributed by atoms with E-state index in [9.17, 15) is 9.59 Å². The number of aromatic nitrogens is 2. The number of nitrogens with zero attached hydrogens (tertiary/aromatic N) is 2. The lowest BCUT2D eigenvalue weighted by Crippen LogP contribution is -2.06. The summed E-state index contributed by atoms with van der Waals surface area (Å²) < 4.78 is 6.26. The van der Waals surface area contributed by atoms with E-state index in [2.05, 4.69) is 15.2 Å². The highest BCUT2D eigenvalue weighted by Gasteiger charge is 2.09. The quantitative estimate of drug-likeness (QED) is 0.690. The van der Waals surface area contributed by atoms with Crippen molar-refractivity contribution in [1.29, 1.82) is 0 Å². The van der Waals surface area contributed by atoms with E-state index in [1.165, 1.54) is 13.2 Å². The molecule has 0 spiro atoms. The predicted molar refractivity (Wildman–Crippen MR) is 76.5 cm³/mol. The number of esters is 1. The van der Waals surface area contributed by atoms with Gasteiger partial charge in [0.2, 0.25) is 5.91 Å². The number of aryl methyl sites for hydroxylation is 1. The molecule has 6 nitrogen and oxygen atoms in total. The molecule has 0 aliphatic carbocycles. The number of ether oxygens (including phenoxy) is 1. The van der Waals surface area contributed by atoms with Gasteiger partial charge in [0.25, 0.3) is 0 Å². The predicted octanol–water partition coefficient (Wildman–Crippen LogP) is 1.92. The molecular weight excluding hydrogens is 278 g/mol. The number of carbonyl (C=O) groups is 2. The number of methoxy groups -OCH3 is 1. The molecule has 20 heavy (non-hydrogen) atoms. The van der Waals surface area contributed by atoms with E-state index in [1.54, 1.807) is 42.2 Å². The zero-order valence-corrected chi connectivity index (χ0v) is 11.8. The molecule has 2 aromatic rings. The highest BCUT2D eigenvalue weighted by atomic mass is 32.1. The lowest BCUT2D eigenvalue weighted by molar-refractivity contribution is -0.111. The first kappa shape index (κ1) is 14.0. The summed E-state index contributed by atoms with van der Waals surface area (Å²) in [5.74, 6) is -0.689. The van der Waals surface area contributed by atoms with E-state index < -0.39 is 5.97 Å². The maximum absolute atomic E-state index is 11.7. The first-order valence-electron chi connectivity index (χ1n) is 5.75. The SMILES string of the molecule is COC(=O)c1ccc(NC(=O)C=Cc2ccnn2C)s1. The first-order chi connectivity index (χ1) is 9.60. The Labute approximate surface area is 119 Å². The van der Waals surface area contributed by atoms with E-state index in [0.29, 0.717) is 9.88 Å². The highest BCUT2D eigenvalue weighted by Crippen LogP contribution is 2.22. The first-order valence-corrected chi connectivity index (χ1v) is 6.57. The molecule has 7 heteroatoms. The minimum absolute atomic E-state index is 0.274. The molecule has 0 fully saturated rings. The molecule has 1 N–H and O–H groups in total. The minimum Gasteiger partial charge on any atom is -0.465 e. The van der Waals surface area contributed by atoms with Crippen LogP contribution in [0.5, 0.6) is 0 Å². The number of nitrogens with one attached hydrogen (secondary N) is 1. The van der Waals surface area contributed by atoms with Crippen LogP contribution >= 0.6 is 11.3 Å². The minimum atomic E-state index is -0.416. The molecular formula is C13H13N3O3S. The van der Waals surface area contributed by atoms with Gasteiger partial charge in [0.15, 0.2) is 0 Å². The zero-order chi connectivity index (χ0) is 14.5. The van der Waals surface area contributed by atoms with Crippen LogP contribution in [-0.4, -0.2) is 28.8 Å². The molecule has 0 bridgehead atoms. The van der Waals surface area contributed by atoms with E-state index in [1.807, 2.05) is 0 Å². The summed E-state index contributed by atoms with van der Waals surface area (Å²) in [5, 5.41) is 7.26.